The minimum atomic E-state index is -0.994. The van der Waals surface area contributed by atoms with Crippen molar-refractivity contribution in [2.75, 3.05) is 32.7 Å². The number of hydrogen-bond donors (Lipinski definition) is 3. The summed E-state index contributed by atoms with van der Waals surface area (Å²) in [5, 5.41) is 6.42. The number of ketones is 2. The van der Waals surface area contributed by atoms with Crippen molar-refractivity contribution in [2.24, 2.45) is 11.7 Å². The summed E-state index contributed by atoms with van der Waals surface area (Å²) >= 11 is 0. The standard InChI is InChI=1S/C22H24N4O6/c1-10-16(24-11-4-6-12(30-2)7-5-11)19(28)15-13(9-32-21(23)29)22(31-3)20-14(25-20)8-26(22)17(15)18(10)27/h4-7,13-14,20,24-25H,8-9H2,1-3H3,(H2,23,29)/t13-,14+,20+,22-/m0/s1. The van der Waals surface area contributed by atoms with E-state index in [1.165, 1.54) is 7.11 Å². The lowest BCUT2D eigenvalue weighted by molar-refractivity contribution is -0.137. The van der Waals surface area contributed by atoms with Gasteiger partial charge in [0, 0.05) is 36.5 Å². The number of carbonyl (C=O) groups excluding carboxylic acids is 3. The second-order valence-corrected chi connectivity index (χ2v) is 8.27. The Bertz CT molecular complexity index is 1090. The number of rotatable bonds is 6. The van der Waals surface area contributed by atoms with Gasteiger partial charge in [-0.2, -0.15) is 0 Å². The van der Waals surface area contributed by atoms with Crippen molar-refractivity contribution in [3.05, 3.63) is 46.8 Å². The van der Waals surface area contributed by atoms with E-state index < -0.39 is 17.7 Å². The molecule has 2 saturated heterocycles. The molecule has 0 radical (unpaired) electrons. The largest absolute Gasteiger partial charge is 0.497 e. The highest BCUT2D eigenvalue weighted by Gasteiger charge is 2.72. The molecule has 4 N–H and O–H groups in total. The number of nitrogens with two attached hydrogens (primary N) is 1. The first-order valence-corrected chi connectivity index (χ1v) is 10.3. The van der Waals surface area contributed by atoms with Crippen LogP contribution in [0.1, 0.15) is 6.92 Å². The smallest absolute Gasteiger partial charge is 0.404 e. The molecule has 0 unspecified atom stereocenters. The molecule has 4 atom stereocenters. The van der Waals surface area contributed by atoms with Gasteiger partial charge in [-0.3, -0.25) is 9.59 Å². The Balaban J connectivity index is 1.54. The quantitative estimate of drug-likeness (QED) is 0.426. The van der Waals surface area contributed by atoms with Crippen molar-refractivity contribution < 1.29 is 28.6 Å². The number of benzene rings is 1. The average Bonchev–Trinajstić information content (AvgIpc) is 3.40. The van der Waals surface area contributed by atoms with Crippen LogP contribution in [0.2, 0.25) is 0 Å². The maximum atomic E-state index is 13.7. The summed E-state index contributed by atoms with van der Waals surface area (Å²) in [5.41, 5.74) is 5.97. The summed E-state index contributed by atoms with van der Waals surface area (Å²) in [4.78, 5) is 40.4. The normalized spacial score (nSPS) is 30.2. The predicted octanol–water partition coefficient (Wildman–Crippen LogP) is 0.511. The summed E-state index contributed by atoms with van der Waals surface area (Å²) < 4.78 is 16.2. The Morgan fingerprint density at radius 3 is 2.59 bits per heavy atom. The maximum Gasteiger partial charge on any atom is 0.404 e. The van der Waals surface area contributed by atoms with Crippen molar-refractivity contribution >= 4 is 23.3 Å². The van der Waals surface area contributed by atoms with Crippen LogP contribution in [-0.4, -0.2) is 67.7 Å². The van der Waals surface area contributed by atoms with Crippen molar-refractivity contribution in [2.45, 2.75) is 24.7 Å². The molecule has 3 heterocycles. The summed E-state index contributed by atoms with van der Waals surface area (Å²) in [5.74, 6) is -0.572. The van der Waals surface area contributed by atoms with Gasteiger partial charge < -0.3 is 35.5 Å². The molecule has 5 rings (SSSR count). The summed E-state index contributed by atoms with van der Waals surface area (Å²) in [6.07, 6.45) is -0.951. The Hall–Kier alpha value is -3.37. The van der Waals surface area contributed by atoms with Gasteiger partial charge in [0.25, 0.3) is 0 Å². The molecule has 1 aromatic rings. The van der Waals surface area contributed by atoms with Gasteiger partial charge >= 0.3 is 6.09 Å². The fourth-order valence-corrected chi connectivity index (χ4v) is 5.26. The van der Waals surface area contributed by atoms with Crippen LogP contribution in [-0.2, 0) is 19.1 Å². The summed E-state index contributed by atoms with van der Waals surface area (Å²) in [6.45, 7) is 1.99. The number of piperazine rings is 1. The number of primary amides is 1. The fraction of sp³-hybridized carbons (Fsp3) is 0.409. The Morgan fingerprint density at radius 1 is 1.25 bits per heavy atom. The van der Waals surface area contributed by atoms with E-state index >= 15 is 0 Å². The number of fused-ring (bicyclic) bond motifs is 4. The molecule has 1 aromatic carbocycles. The van der Waals surface area contributed by atoms with Gasteiger partial charge in [-0.25, -0.2) is 4.79 Å². The van der Waals surface area contributed by atoms with E-state index in [1.54, 1.807) is 38.3 Å². The molecule has 2 fully saturated rings. The van der Waals surface area contributed by atoms with Gasteiger partial charge in [-0.05, 0) is 31.2 Å². The molecule has 0 bridgehead atoms. The summed E-state index contributed by atoms with van der Waals surface area (Å²) in [6, 6.07) is 7.09. The third-order valence-corrected chi connectivity index (χ3v) is 6.79. The monoisotopic (exact) mass is 440 g/mol. The lowest BCUT2D eigenvalue weighted by Crippen LogP contribution is -2.55. The van der Waals surface area contributed by atoms with Crippen LogP contribution in [0.5, 0.6) is 5.75 Å². The van der Waals surface area contributed by atoms with Crippen LogP contribution >= 0.6 is 0 Å². The first-order chi connectivity index (χ1) is 15.3. The number of allylic oxidation sites excluding steroid dienone is 2. The lowest BCUT2D eigenvalue weighted by atomic mass is 9.82. The predicted molar refractivity (Wildman–Crippen MR) is 113 cm³/mol. The van der Waals surface area contributed by atoms with E-state index in [1.807, 2.05) is 4.90 Å². The van der Waals surface area contributed by atoms with Gasteiger partial charge in [0.05, 0.1) is 30.5 Å². The number of amides is 1. The molecule has 10 heteroatoms. The van der Waals surface area contributed by atoms with Gasteiger partial charge in [0.15, 0.2) is 5.72 Å². The third kappa shape index (κ3) is 2.69. The van der Waals surface area contributed by atoms with Gasteiger partial charge in [0.1, 0.15) is 12.4 Å². The van der Waals surface area contributed by atoms with Crippen LogP contribution in [0.4, 0.5) is 10.5 Å². The molecule has 0 saturated carbocycles. The maximum absolute atomic E-state index is 13.7. The summed E-state index contributed by atoms with van der Waals surface area (Å²) in [7, 11) is 3.11. The van der Waals surface area contributed by atoms with E-state index in [0.29, 0.717) is 29.3 Å². The second-order valence-electron chi connectivity index (χ2n) is 8.27. The van der Waals surface area contributed by atoms with E-state index in [-0.39, 0.29) is 41.5 Å². The minimum Gasteiger partial charge on any atom is -0.497 e. The second kappa shape index (κ2) is 7.07. The number of nitrogens with zero attached hydrogens (tertiary/aromatic N) is 1. The number of carbonyl (C=O) groups is 3. The van der Waals surface area contributed by atoms with E-state index in [2.05, 4.69) is 10.6 Å². The van der Waals surface area contributed by atoms with Crippen LogP contribution in [0.3, 0.4) is 0 Å². The average molecular weight is 440 g/mol. The molecule has 4 aliphatic rings. The molecule has 168 valence electrons. The van der Waals surface area contributed by atoms with Crippen molar-refractivity contribution in [3.63, 3.8) is 0 Å². The zero-order chi connectivity index (χ0) is 22.8. The number of Topliss-reactive ketones (excluding diaryl/α,β-unsaturated/α-hetero) is 2. The Morgan fingerprint density at radius 2 is 1.97 bits per heavy atom. The molecule has 0 aromatic heterocycles. The highest BCUT2D eigenvalue weighted by molar-refractivity contribution is 6.26. The molecule has 0 spiro atoms. The molecular weight excluding hydrogens is 416 g/mol. The van der Waals surface area contributed by atoms with E-state index in [0.717, 1.165) is 0 Å². The first-order valence-electron chi connectivity index (χ1n) is 10.3. The molecule has 32 heavy (non-hydrogen) atoms. The van der Waals surface area contributed by atoms with Crippen LogP contribution in [0.25, 0.3) is 0 Å². The van der Waals surface area contributed by atoms with Gasteiger partial charge in [0.2, 0.25) is 11.6 Å². The SMILES string of the molecule is COc1ccc(NC2=C(C)C(=O)C3=C(C2=O)[C@H](COC(N)=O)[C@]2(OC)[C@@H]4N[C@@H]4CN32)cc1. The molecule has 1 amide bonds. The van der Waals surface area contributed by atoms with Gasteiger partial charge in [-0.1, -0.05) is 0 Å². The lowest BCUT2D eigenvalue weighted by Gasteiger charge is -2.39. The third-order valence-electron chi connectivity index (χ3n) is 6.79. The first kappa shape index (κ1) is 20.5. The molecule has 10 nitrogen and oxygen atoms in total. The molecular formula is C22H24N4O6. The van der Waals surface area contributed by atoms with Gasteiger partial charge in [-0.15, -0.1) is 0 Å². The van der Waals surface area contributed by atoms with Crippen molar-refractivity contribution in [1.82, 2.24) is 10.2 Å². The van der Waals surface area contributed by atoms with Crippen LogP contribution < -0.4 is 21.1 Å². The fourth-order valence-electron chi connectivity index (χ4n) is 5.26. The number of methoxy groups -OCH3 is 2. The molecule has 1 aliphatic carbocycles. The zero-order valence-electron chi connectivity index (χ0n) is 17.9. The number of ether oxygens (including phenoxy) is 3. The highest BCUT2D eigenvalue weighted by Crippen LogP contribution is 2.55. The van der Waals surface area contributed by atoms with E-state index in [4.69, 9.17) is 19.9 Å². The topological polar surface area (TPSA) is 142 Å². The van der Waals surface area contributed by atoms with Crippen LogP contribution in [0.15, 0.2) is 46.8 Å². The minimum absolute atomic E-state index is 0.0847. The number of anilines is 1. The number of hydrogen-bond acceptors (Lipinski definition) is 9. The molecule has 3 aliphatic heterocycles. The van der Waals surface area contributed by atoms with E-state index in [9.17, 15) is 14.4 Å². The van der Waals surface area contributed by atoms with Crippen LogP contribution in [0, 0.1) is 5.92 Å². The highest BCUT2D eigenvalue weighted by atomic mass is 16.6. The number of nitrogens with one attached hydrogen (secondary N) is 2. The van der Waals surface area contributed by atoms with Crippen molar-refractivity contribution in [3.8, 4) is 5.75 Å². The van der Waals surface area contributed by atoms with Crippen molar-refractivity contribution in [1.29, 1.82) is 0 Å². The zero-order valence-corrected chi connectivity index (χ0v) is 17.9. The Kier molecular flexibility index (Phi) is 4.54. The Labute approximate surface area is 184 Å².